The van der Waals surface area contributed by atoms with Crippen molar-refractivity contribution in [3.05, 3.63) is 70.9 Å². The minimum Gasteiger partial charge on any atom is -0.497 e. The maximum atomic E-state index is 14.7. The molecule has 0 aliphatic carbocycles. The summed E-state index contributed by atoms with van der Waals surface area (Å²) >= 11 is 0. The largest absolute Gasteiger partial charge is 0.497 e. The number of aliphatic carboxylic acids is 1. The van der Waals surface area contributed by atoms with Crippen LogP contribution in [0.5, 0.6) is 5.75 Å². The summed E-state index contributed by atoms with van der Waals surface area (Å²) < 4.78 is 60.2. The van der Waals surface area contributed by atoms with Crippen molar-refractivity contribution in [2.45, 2.75) is 44.6 Å². The molecule has 3 aromatic rings. The van der Waals surface area contributed by atoms with Gasteiger partial charge in [-0.1, -0.05) is 11.8 Å². The normalized spacial score (nSPS) is 17.7. The van der Waals surface area contributed by atoms with Crippen LogP contribution in [0.25, 0.3) is 10.9 Å². The van der Waals surface area contributed by atoms with Gasteiger partial charge in [0.05, 0.1) is 25.4 Å². The van der Waals surface area contributed by atoms with Gasteiger partial charge in [0, 0.05) is 23.4 Å². The smallest absolute Gasteiger partial charge is 0.303 e. The molecule has 0 radical (unpaired) electrons. The van der Waals surface area contributed by atoms with Crippen LogP contribution in [-0.4, -0.2) is 47.2 Å². The fourth-order valence-electron chi connectivity index (χ4n) is 5.09. The van der Waals surface area contributed by atoms with Crippen molar-refractivity contribution in [3.63, 3.8) is 0 Å². The number of nitrogens with zero attached hydrogens (tertiary/aromatic N) is 2. The number of halogens is 4. The Morgan fingerprint density at radius 3 is 2.63 bits per heavy atom. The Labute approximate surface area is 218 Å². The monoisotopic (exact) mass is 528 g/mol. The van der Waals surface area contributed by atoms with Gasteiger partial charge >= 0.3 is 5.97 Å². The average Bonchev–Trinajstić information content (AvgIpc) is 2.89. The van der Waals surface area contributed by atoms with Gasteiger partial charge < -0.3 is 9.84 Å². The van der Waals surface area contributed by atoms with Gasteiger partial charge in [0.1, 0.15) is 11.6 Å². The molecule has 4 rings (SSSR count). The number of rotatable bonds is 8. The lowest BCUT2D eigenvalue weighted by Crippen LogP contribution is -2.43. The maximum Gasteiger partial charge on any atom is 0.303 e. The maximum absolute atomic E-state index is 14.7. The predicted octanol–water partition coefficient (Wildman–Crippen LogP) is 5.73. The number of carboxylic acids is 1. The molecule has 9 heteroatoms. The third-order valence-electron chi connectivity index (χ3n) is 7.01. The quantitative estimate of drug-likeness (QED) is 0.230. The van der Waals surface area contributed by atoms with Crippen LogP contribution in [0.3, 0.4) is 0 Å². The second kappa shape index (κ2) is 12.3. The van der Waals surface area contributed by atoms with Gasteiger partial charge in [0.25, 0.3) is 0 Å². The fourth-order valence-corrected chi connectivity index (χ4v) is 5.09. The molecule has 2 atom stereocenters. The van der Waals surface area contributed by atoms with Crippen LogP contribution in [-0.2, 0) is 11.2 Å². The van der Waals surface area contributed by atoms with Crippen molar-refractivity contribution in [2.24, 2.45) is 5.92 Å². The molecular formula is C29H28F4N2O3. The van der Waals surface area contributed by atoms with Crippen molar-refractivity contribution in [2.75, 3.05) is 20.2 Å². The van der Waals surface area contributed by atoms with Gasteiger partial charge in [-0.15, -0.1) is 0 Å². The Kier molecular flexibility index (Phi) is 8.85. The van der Waals surface area contributed by atoms with E-state index in [1.165, 1.54) is 6.20 Å². The summed E-state index contributed by atoms with van der Waals surface area (Å²) in [6.07, 6.45) is 4.44. The van der Waals surface area contributed by atoms with Crippen LogP contribution in [0.1, 0.15) is 43.2 Å². The average molecular weight is 529 g/mol. The summed E-state index contributed by atoms with van der Waals surface area (Å²) in [7, 11) is 1.55. The minimum absolute atomic E-state index is 0.00906. The number of hydrogen-bond donors (Lipinski definition) is 1. The lowest BCUT2D eigenvalue weighted by atomic mass is 9.86. The number of benzene rings is 2. The van der Waals surface area contributed by atoms with Crippen LogP contribution in [0.4, 0.5) is 17.6 Å². The molecule has 2 unspecified atom stereocenters. The van der Waals surface area contributed by atoms with E-state index in [1.807, 2.05) is 0 Å². The molecule has 1 N–H and O–H groups in total. The third kappa shape index (κ3) is 6.62. The summed E-state index contributed by atoms with van der Waals surface area (Å²) in [6.45, 7) is 0.919. The fraction of sp³-hybridized carbons (Fsp3) is 0.379. The van der Waals surface area contributed by atoms with Crippen LogP contribution in [0.2, 0.25) is 0 Å². The second-order valence-corrected chi connectivity index (χ2v) is 9.53. The number of piperidine rings is 1. The highest BCUT2D eigenvalue weighted by Gasteiger charge is 2.29. The van der Waals surface area contributed by atoms with Crippen molar-refractivity contribution < 1.29 is 32.2 Å². The van der Waals surface area contributed by atoms with Crippen LogP contribution < -0.4 is 4.74 Å². The molecule has 1 fully saturated rings. The number of carboxylic acid groups (broad SMARTS) is 1. The Bertz CT molecular complexity index is 1360. The number of methoxy groups -OCH3 is 1. The number of ether oxygens (including phenoxy) is 1. The van der Waals surface area contributed by atoms with Crippen molar-refractivity contribution in [1.82, 2.24) is 9.88 Å². The van der Waals surface area contributed by atoms with E-state index in [0.717, 1.165) is 12.1 Å². The predicted molar refractivity (Wildman–Crippen MR) is 135 cm³/mol. The lowest BCUT2D eigenvalue weighted by Gasteiger charge is -2.38. The van der Waals surface area contributed by atoms with E-state index < -0.39 is 23.4 Å². The standard InChI is InChI=1S/C29H28F4N2O3/c1-38-21-7-8-27-23(16-21)22(26(32)17-34-27)6-2-5-20-12-19(15-28(36)37)9-11-35(20)10-3-4-18-13-24(30)29(33)25(31)14-18/h7-8,13-14,16-17,19-20H,2,5-6,9-12,15H2,1H3,(H,36,37). The van der Waals surface area contributed by atoms with Crippen molar-refractivity contribution in [1.29, 1.82) is 0 Å². The number of fused-ring (bicyclic) bond motifs is 1. The summed E-state index contributed by atoms with van der Waals surface area (Å²) in [6, 6.07) is 7.04. The highest BCUT2D eigenvalue weighted by molar-refractivity contribution is 5.83. The number of aromatic nitrogens is 1. The first kappa shape index (κ1) is 27.4. The Morgan fingerprint density at radius 2 is 1.92 bits per heavy atom. The van der Waals surface area contributed by atoms with E-state index in [-0.39, 0.29) is 29.8 Å². The molecule has 0 amide bonds. The van der Waals surface area contributed by atoms with Gasteiger partial charge in [-0.05, 0) is 80.5 Å². The molecule has 0 saturated carbocycles. The third-order valence-corrected chi connectivity index (χ3v) is 7.01. The number of hydrogen-bond acceptors (Lipinski definition) is 4. The molecule has 38 heavy (non-hydrogen) atoms. The van der Waals surface area contributed by atoms with Gasteiger partial charge in [-0.3, -0.25) is 14.7 Å². The van der Waals surface area contributed by atoms with Gasteiger partial charge in [-0.25, -0.2) is 17.6 Å². The highest BCUT2D eigenvalue weighted by Crippen LogP contribution is 2.30. The zero-order valence-corrected chi connectivity index (χ0v) is 20.9. The first-order chi connectivity index (χ1) is 18.2. The van der Waals surface area contributed by atoms with E-state index in [4.69, 9.17) is 4.74 Å². The first-order valence-electron chi connectivity index (χ1n) is 12.5. The number of pyridine rings is 1. The number of carbonyl (C=O) groups is 1. The van der Waals surface area contributed by atoms with Crippen LogP contribution in [0, 0.1) is 41.0 Å². The molecule has 200 valence electrons. The van der Waals surface area contributed by atoms with E-state index >= 15 is 0 Å². The SMILES string of the molecule is COc1ccc2ncc(F)c(CCCC3CC(CC(=O)O)CCN3CC#Cc3cc(F)c(F)c(F)c3)c2c1. The molecular weight excluding hydrogens is 500 g/mol. The Hall–Kier alpha value is -3.64. The molecule has 0 bridgehead atoms. The molecule has 1 aliphatic heterocycles. The van der Waals surface area contributed by atoms with Crippen LogP contribution in [0.15, 0.2) is 36.5 Å². The highest BCUT2D eigenvalue weighted by atomic mass is 19.2. The second-order valence-electron chi connectivity index (χ2n) is 9.53. The summed E-state index contributed by atoms with van der Waals surface area (Å²) in [5.41, 5.74) is 1.26. The summed E-state index contributed by atoms with van der Waals surface area (Å²) in [5, 5.41) is 9.96. The summed E-state index contributed by atoms with van der Waals surface area (Å²) in [5.74, 6) is 0.859. The van der Waals surface area contributed by atoms with Crippen molar-refractivity contribution in [3.8, 4) is 17.6 Å². The molecule has 2 heterocycles. The molecule has 1 saturated heterocycles. The Morgan fingerprint density at radius 1 is 1.16 bits per heavy atom. The molecule has 5 nitrogen and oxygen atoms in total. The number of likely N-dealkylation sites (tertiary alicyclic amines) is 1. The van der Waals surface area contributed by atoms with Gasteiger partial charge in [0.2, 0.25) is 0 Å². The molecule has 1 aliphatic rings. The van der Waals surface area contributed by atoms with Gasteiger partial charge in [0.15, 0.2) is 17.5 Å². The van der Waals surface area contributed by atoms with Crippen molar-refractivity contribution >= 4 is 16.9 Å². The van der Waals surface area contributed by atoms with E-state index in [9.17, 15) is 27.5 Å². The topological polar surface area (TPSA) is 62.7 Å². The number of aryl methyl sites for hydroxylation is 1. The van der Waals surface area contributed by atoms with E-state index in [1.54, 1.807) is 25.3 Å². The molecule has 0 spiro atoms. The summed E-state index contributed by atoms with van der Waals surface area (Å²) in [4.78, 5) is 17.6. The first-order valence-corrected chi connectivity index (χ1v) is 12.5. The molecule has 2 aromatic carbocycles. The molecule has 1 aromatic heterocycles. The lowest BCUT2D eigenvalue weighted by molar-refractivity contribution is -0.138. The van der Waals surface area contributed by atoms with E-state index in [0.29, 0.717) is 67.4 Å². The Balaban J connectivity index is 1.47. The van der Waals surface area contributed by atoms with E-state index in [2.05, 4.69) is 21.7 Å². The van der Waals surface area contributed by atoms with Gasteiger partial charge in [-0.2, -0.15) is 0 Å². The van der Waals surface area contributed by atoms with Crippen LogP contribution >= 0.6 is 0 Å². The zero-order valence-electron chi connectivity index (χ0n) is 20.9. The minimum atomic E-state index is -1.53. The zero-order chi connectivity index (χ0) is 27.2.